The molecule has 1 heterocycles. The minimum atomic E-state index is -0.731. The summed E-state index contributed by atoms with van der Waals surface area (Å²) >= 11 is 3.39. The molecular formula is C19H20BrNO4. The van der Waals surface area contributed by atoms with E-state index < -0.39 is 6.10 Å². The van der Waals surface area contributed by atoms with E-state index in [2.05, 4.69) is 21.2 Å². The Kier molecular flexibility index (Phi) is 5.30. The summed E-state index contributed by atoms with van der Waals surface area (Å²) in [6, 6.07) is 10.6. The molecule has 132 valence electrons. The molecule has 0 saturated carbocycles. The third-order valence-electron chi connectivity index (χ3n) is 4.03. The lowest BCUT2D eigenvalue weighted by atomic mass is 9.96. The smallest absolute Gasteiger partial charge is 0.256 e. The standard InChI is InChI=1S/C19H20BrNO4/c1-11(2)18(22)13-9-16-17(25-8-7-24-16)10-15(13)21-19(23)12-5-3-4-6-14(12)20/h3-6,9-11,18,22H,7-8H2,1-2H3,(H,21,23)/t18-/m0/s1. The minimum Gasteiger partial charge on any atom is -0.486 e. The summed E-state index contributed by atoms with van der Waals surface area (Å²) in [5.41, 5.74) is 1.65. The van der Waals surface area contributed by atoms with Crippen molar-refractivity contribution in [2.24, 2.45) is 5.92 Å². The van der Waals surface area contributed by atoms with Crippen molar-refractivity contribution in [3.05, 3.63) is 52.0 Å². The lowest BCUT2D eigenvalue weighted by molar-refractivity contribution is 0.102. The van der Waals surface area contributed by atoms with Crippen molar-refractivity contribution in [2.75, 3.05) is 18.5 Å². The van der Waals surface area contributed by atoms with Gasteiger partial charge in [0.15, 0.2) is 11.5 Å². The third kappa shape index (κ3) is 3.80. The van der Waals surface area contributed by atoms with Gasteiger partial charge in [-0.05, 0) is 40.0 Å². The monoisotopic (exact) mass is 405 g/mol. The summed E-state index contributed by atoms with van der Waals surface area (Å²) in [6.07, 6.45) is -0.731. The first kappa shape index (κ1) is 17.8. The van der Waals surface area contributed by atoms with Crippen LogP contribution in [0, 0.1) is 5.92 Å². The molecule has 5 nitrogen and oxygen atoms in total. The molecule has 0 fully saturated rings. The highest BCUT2D eigenvalue weighted by atomic mass is 79.9. The second kappa shape index (κ2) is 7.45. The lowest BCUT2D eigenvalue weighted by Crippen LogP contribution is -2.19. The fourth-order valence-electron chi connectivity index (χ4n) is 2.65. The molecule has 0 unspecified atom stereocenters. The first-order valence-corrected chi connectivity index (χ1v) is 8.94. The molecule has 0 spiro atoms. The summed E-state index contributed by atoms with van der Waals surface area (Å²) < 4.78 is 11.9. The van der Waals surface area contributed by atoms with Crippen LogP contribution in [-0.2, 0) is 0 Å². The molecule has 0 aliphatic carbocycles. The van der Waals surface area contributed by atoms with Gasteiger partial charge >= 0.3 is 0 Å². The van der Waals surface area contributed by atoms with Gasteiger partial charge in [0.2, 0.25) is 0 Å². The SMILES string of the molecule is CC(C)[C@H](O)c1cc2c(cc1NC(=O)c1ccccc1Br)OCCO2. The molecule has 0 saturated heterocycles. The van der Waals surface area contributed by atoms with Crippen molar-refractivity contribution in [3.63, 3.8) is 0 Å². The molecule has 1 aliphatic heterocycles. The van der Waals surface area contributed by atoms with E-state index in [1.165, 1.54) is 0 Å². The number of nitrogens with one attached hydrogen (secondary N) is 1. The topological polar surface area (TPSA) is 67.8 Å². The molecule has 3 rings (SSSR count). The number of aliphatic hydroxyl groups excluding tert-OH is 1. The van der Waals surface area contributed by atoms with Crippen molar-refractivity contribution in [1.29, 1.82) is 0 Å². The van der Waals surface area contributed by atoms with Crippen molar-refractivity contribution in [1.82, 2.24) is 0 Å². The molecule has 0 aromatic heterocycles. The number of carbonyl (C=O) groups is 1. The molecule has 2 N–H and O–H groups in total. The van der Waals surface area contributed by atoms with E-state index in [-0.39, 0.29) is 11.8 Å². The Morgan fingerprint density at radius 1 is 1.16 bits per heavy atom. The summed E-state index contributed by atoms with van der Waals surface area (Å²) in [5.74, 6) is 0.872. The Balaban J connectivity index is 1.98. The summed E-state index contributed by atoms with van der Waals surface area (Å²) in [6.45, 7) is 4.76. The van der Waals surface area contributed by atoms with Crippen LogP contribution in [0.1, 0.15) is 35.9 Å². The molecule has 1 aliphatic rings. The van der Waals surface area contributed by atoms with Crippen LogP contribution in [0.4, 0.5) is 5.69 Å². The van der Waals surface area contributed by atoms with E-state index in [9.17, 15) is 9.90 Å². The van der Waals surface area contributed by atoms with Crippen LogP contribution < -0.4 is 14.8 Å². The maximum atomic E-state index is 12.7. The van der Waals surface area contributed by atoms with Gasteiger partial charge in [-0.1, -0.05) is 26.0 Å². The zero-order valence-corrected chi connectivity index (χ0v) is 15.7. The summed E-state index contributed by atoms with van der Waals surface area (Å²) in [4.78, 5) is 12.7. The van der Waals surface area contributed by atoms with Gasteiger partial charge in [0.05, 0.1) is 17.4 Å². The second-order valence-corrected chi connectivity index (χ2v) is 7.06. The molecule has 0 bridgehead atoms. The molecule has 2 aromatic rings. The normalized spacial score (nSPS) is 14.3. The Morgan fingerprint density at radius 3 is 2.44 bits per heavy atom. The highest BCUT2D eigenvalue weighted by Gasteiger charge is 2.23. The number of amides is 1. The molecule has 1 atom stereocenters. The lowest BCUT2D eigenvalue weighted by Gasteiger charge is -2.24. The van der Waals surface area contributed by atoms with E-state index in [0.717, 1.165) is 0 Å². The third-order valence-corrected chi connectivity index (χ3v) is 4.72. The molecule has 25 heavy (non-hydrogen) atoms. The van der Waals surface area contributed by atoms with Gasteiger partial charge in [0, 0.05) is 16.1 Å². The van der Waals surface area contributed by atoms with Crippen molar-refractivity contribution in [2.45, 2.75) is 20.0 Å². The van der Waals surface area contributed by atoms with E-state index >= 15 is 0 Å². The van der Waals surface area contributed by atoms with Crippen LogP contribution in [0.15, 0.2) is 40.9 Å². The Hall–Kier alpha value is -2.05. The number of ether oxygens (including phenoxy) is 2. The van der Waals surface area contributed by atoms with Gasteiger partial charge in [-0.3, -0.25) is 4.79 Å². The molecule has 6 heteroatoms. The van der Waals surface area contributed by atoms with Crippen LogP contribution in [0.3, 0.4) is 0 Å². The number of hydrogen-bond acceptors (Lipinski definition) is 4. The van der Waals surface area contributed by atoms with Crippen molar-refractivity contribution >= 4 is 27.5 Å². The fourth-order valence-corrected chi connectivity index (χ4v) is 3.12. The van der Waals surface area contributed by atoms with Gasteiger partial charge in [0.25, 0.3) is 5.91 Å². The van der Waals surface area contributed by atoms with Gasteiger partial charge < -0.3 is 19.9 Å². The van der Waals surface area contributed by atoms with Gasteiger partial charge in [-0.15, -0.1) is 0 Å². The maximum absolute atomic E-state index is 12.7. The predicted octanol–water partition coefficient (Wildman–Crippen LogP) is 4.16. The van der Waals surface area contributed by atoms with Crippen LogP contribution in [0.25, 0.3) is 0 Å². The average Bonchev–Trinajstić information content (AvgIpc) is 2.60. The Bertz CT molecular complexity index is 791. The van der Waals surface area contributed by atoms with Gasteiger partial charge in [-0.2, -0.15) is 0 Å². The van der Waals surface area contributed by atoms with E-state index in [1.807, 2.05) is 26.0 Å². The predicted molar refractivity (Wildman–Crippen MR) is 99.3 cm³/mol. The number of rotatable bonds is 4. The molecule has 0 radical (unpaired) electrons. The van der Waals surface area contributed by atoms with Gasteiger partial charge in [0.1, 0.15) is 13.2 Å². The maximum Gasteiger partial charge on any atom is 0.256 e. The van der Waals surface area contributed by atoms with Crippen LogP contribution in [-0.4, -0.2) is 24.2 Å². The van der Waals surface area contributed by atoms with E-state index in [0.29, 0.717) is 46.0 Å². The highest BCUT2D eigenvalue weighted by Crippen LogP contribution is 2.40. The number of carbonyl (C=O) groups excluding carboxylic acids is 1. The molecule has 1 amide bonds. The fraction of sp³-hybridized carbons (Fsp3) is 0.316. The number of hydrogen-bond donors (Lipinski definition) is 2. The van der Waals surface area contributed by atoms with Crippen LogP contribution >= 0.6 is 15.9 Å². The number of aliphatic hydroxyl groups is 1. The van der Waals surface area contributed by atoms with Crippen molar-refractivity contribution in [3.8, 4) is 11.5 Å². The average molecular weight is 406 g/mol. The second-order valence-electron chi connectivity index (χ2n) is 6.21. The van der Waals surface area contributed by atoms with E-state index in [4.69, 9.17) is 9.47 Å². The highest BCUT2D eigenvalue weighted by molar-refractivity contribution is 9.10. The minimum absolute atomic E-state index is 0.0123. The molecule has 2 aromatic carbocycles. The van der Waals surface area contributed by atoms with E-state index in [1.54, 1.807) is 24.3 Å². The number of halogens is 1. The Labute approximate surface area is 155 Å². The van der Waals surface area contributed by atoms with Crippen LogP contribution in [0.5, 0.6) is 11.5 Å². The summed E-state index contributed by atoms with van der Waals surface area (Å²) in [5, 5.41) is 13.5. The van der Waals surface area contributed by atoms with Gasteiger partial charge in [-0.25, -0.2) is 0 Å². The largest absolute Gasteiger partial charge is 0.486 e. The Morgan fingerprint density at radius 2 is 1.80 bits per heavy atom. The molecular weight excluding hydrogens is 386 g/mol. The summed E-state index contributed by atoms with van der Waals surface area (Å²) in [7, 11) is 0. The zero-order chi connectivity index (χ0) is 18.0. The first-order chi connectivity index (χ1) is 12.0. The van der Waals surface area contributed by atoms with Crippen LogP contribution in [0.2, 0.25) is 0 Å². The number of benzene rings is 2. The number of anilines is 1. The quantitative estimate of drug-likeness (QED) is 0.800. The first-order valence-electron chi connectivity index (χ1n) is 8.15. The van der Waals surface area contributed by atoms with Crippen molar-refractivity contribution < 1.29 is 19.4 Å². The zero-order valence-electron chi connectivity index (χ0n) is 14.1. The number of fused-ring (bicyclic) bond motifs is 1.